The smallest absolute Gasteiger partial charge is 0.167 e. The molecule has 332 valence electrons. The molecule has 9 nitrogen and oxygen atoms in total. The van der Waals surface area contributed by atoms with Crippen LogP contribution in [0.1, 0.15) is 62.3 Å². The summed E-state index contributed by atoms with van der Waals surface area (Å²) in [5.74, 6) is -0.305. The molecular formula is C56H54O9. The first-order valence-electron chi connectivity index (χ1n) is 22.0. The number of hydrogen-bond donors (Lipinski definition) is 1. The largest absolute Gasteiger partial charge is 0.507 e. The summed E-state index contributed by atoms with van der Waals surface area (Å²) < 4.78 is 47.6. The average molecular weight is 871 g/mol. The lowest BCUT2D eigenvalue weighted by Gasteiger charge is -2.46. The number of carbonyl (C=O) groups is 1. The Morgan fingerprint density at radius 3 is 1.28 bits per heavy atom. The van der Waals surface area contributed by atoms with Gasteiger partial charge >= 0.3 is 0 Å². The normalized spacial score (nSPS) is 18.2. The van der Waals surface area contributed by atoms with Crippen LogP contribution >= 0.6 is 0 Å². The molecule has 0 unspecified atom stereocenters. The number of aromatic hydroxyl groups is 1. The van der Waals surface area contributed by atoms with Crippen molar-refractivity contribution in [2.75, 3.05) is 6.61 Å². The SMILES string of the molecule is CC(=O)c1c(OCc2ccccc2)cc(OCc2ccccc2)c([C@@H]2O[C@H](COCc3ccccc3)[C@@H](OCc3ccccc3)[C@H](OCc3ccccc3)[C@H]2OCc2ccccc2)c1O. The van der Waals surface area contributed by atoms with Crippen LogP contribution in [0.3, 0.4) is 0 Å². The molecule has 0 bridgehead atoms. The van der Waals surface area contributed by atoms with Gasteiger partial charge in [0.15, 0.2) is 5.78 Å². The molecule has 1 heterocycles. The van der Waals surface area contributed by atoms with Gasteiger partial charge in [0.2, 0.25) is 0 Å². The van der Waals surface area contributed by atoms with Gasteiger partial charge in [0, 0.05) is 6.07 Å². The lowest BCUT2D eigenvalue weighted by molar-refractivity contribution is -0.275. The van der Waals surface area contributed by atoms with Crippen molar-refractivity contribution in [1.29, 1.82) is 0 Å². The highest BCUT2D eigenvalue weighted by Crippen LogP contribution is 2.49. The standard InChI is InChI=1S/C56H54O9/c1-40(57)50-47(60-34-42-22-10-3-11-23-42)32-48(61-35-43-24-12-4-13-25-43)51(52(50)58)54-56(64-38-46-30-18-7-19-31-46)55(63-37-45-28-16-6-17-29-45)53(62-36-44-26-14-5-15-27-44)49(65-54)39-59-33-41-20-8-2-9-21-41/h2-32,49,53-56,58H,33-39H2,1H3/t49-,53-,54+,55+,56+/m1/s1. The fourth-order valence-corrected chi connectivity index (χ4v) is 7.98. The molecule has 0 aromatic heterocycles. The van der Waals surface area contributed by atoms with Crippen molar-refractivity contribution in [2.45, 2.75) is 77.1 Å². The summed E-state index contributed by atoms with van der Waals surface area (Å²) in [5.41, 5.74) is 5.83. The molecule has 9 heteroatoms. The molecule has 0 saturated carbocycles. The van der Waals surface area contributed by atoms with Crippen molar-refractivity contribution in [2.24, 2.45) is 0 Å². The van der Waals surface area contributed by atoms with Gasteiger partial charge in [0.1, 0.15) is 66.5 Å². The second-order valence-corrected chi connectivity index (χ2v) is 16.0. The summed E-state index contributed by atoms with van der Waals surface area (Å²) in [4.78, 5) is 13.7. The van der Waals surface area contributed by atoms with Crippen LogP contribution in [0.15, 0.2) is 188 Å². The first-order chi connectivity index (χ1) is 32.0. The zero-order valence-electron chi connectivity index (χ0n) is 36.4. The monoisotopic (exact) mass is 870 g/mol. The molecule has 0 spiro atoms. The molecule has 1 saturated heterocycles. The van der Waals surface area contributed by atoms with E-state index < -0.39 is 36.3 Å². The first-order valence-corrected chi connectivity index (χ1v) is 22.0. The van der Waals surface area contributed by atoms with Crippen molar-refractivity contribution in [1.82, 2.24) is 0 Å². The van der Waals surface area contributed by atoms with E-state index in [1.165, 1.54) is 6.92 Å². The van der Waals surface area contributed by atoms with Gasteiger partial charge in [-0.15, -0.1) is 0 Å². The minimum atomic E-state index is -1.08. The van der Waals surface area contributed by atoms with Crippen LogP contribution in [-0.2, 0) is 63.3 Å². The van der Waals surface area contributed by atoms with Gasteiger partial charge in [0.05, 0.1) is 38.6 Å². The Balaban J connectivity index is 1.26. The molecule has 65 heavy (non-hydrogen) atoms. The quantitative estimate of drug-likeness (QED) is 0.0707. The molecule has 0 aliphatic carbocycles. The number of rotatable bonds is 21. The highest BCUT2D eigenvalue weighted by molar-refractivity contribution is 6.00. The first kappa shape index (κ1) is 45.0. The molecule has 1 aliphatic rings. The summed E-state index contributed by atoms with van der Waals surface area (Å²) in [6.07, 6.45) is -4.30. The Bertz CT molecular complexity index is 2510. The van der Waals surface area contributed by atoms with Gasteiger partial charge in [-0.3, -0.25) is 4.79 Å². The van der Waals surface area contributed by atoms with Crippen LogP contribution < -0.4 is 9.47 Å². The molecule has 0 amide bonds. The minimum Gasteiger partial charge on any atom is -0.507 e. The highest BCUT2D eigenvalue weighted by atomic mass is 16.6. The Morgan fingerprint density at radius 2 is 0.846 bits per heavy atom. The number of carbonyl (C=O) groups excluding carboxylic acids is 1. The summed E-state index contributed by atoms with van der Waals surface area (Å²) in [6, 6.07) is 60.6. The molecule has 7 aromatic rings. The van der Waals surface area contributed by atoms with Gasteiger partial charge < -0.3 is 38.3 Å². The van der Waals surface area contributed by atoms with E-state index in [4.69, 9.17) is 33.2 Å². The average Bonchev–Trinajstić information content (AvgIpc) is 3.35. The summed E-state index contributed by atoms with van der Waals surface area (Å²) >= 11 is 0. The Labute approximate surface area is 381 Å². The number of phenolic OH excluding ortho intramolecular Hbond substituents is 1. The van der Waals surface area contributed by atoms with Crippen LogP contribution in [0.5, 0.6) is 17.2 Å². The third-order valence-electron chi connectivity index (χ3n) is 11.3. The van der Waals surface area contributed by atoms with Crippen molar-refractivity contribution in [3.63, 3.8) is 0 Å². The Morgan fingerprint density at radius 1 is 0.477 bits per heavy atom. The van der Waals surface area contributed by atoms with Gasteiger partial charge in [-0.05, 0) is 40.3 Å². The van der Waals surface area contributed by atoms with Crippen LogP contribution in [0, 0.1) is 0 Å². The lowest BCUT2D eigenvalue weighted by Crippen LogP contribution is -2.58. The molecule has 8 rings (SSSR count). The number of phenols is 1. The zero-order valence-corrected chi connectivity index (χ0v) is 36.4. The van der Waals surface area contributed by atoms with Gasteiger partial charge in [0.25, 0.3) is 0 Å². The van der Waals surface area contributed by atoms with Gasteiger partial charge in [-0.2, -0.15) is 0 Å². The molecule has 1 aliphatic heterocycles. The summed E-state index contributed by atoms with van der Waals surface area (Å²) in [5, 5.41) is 12.7. The predicted octanol–water partition coefficient (Wildman–Crippen LogP) is 11.2. The number of Topliss-reactive ketones (excluding diaryl/α,β-unsaturated/α-hetero) is 1. The van der Waals surface area contributed by atoms with E-state index in [1.807, 2.05) is 182 Å². The molecule has 5 atom stereocenters. The maximum Gasteiger partial charge on any atom is 0.167 e. The second-order valence-electron chi connectivity index (χ2n) is 16.0. The molecule has 1 fully saturated rings. The topological polar surface area (TPSA) is 102 Å². The zero-order chi connectivity index (χ0) is 44.6. The highest BCUT2D eigenvalue weighted by Gasteiger charge is 2.51. The van der Waals surface area contributed by atoms with Crippen LogP contribution in [-0.4, -0.2) is 41.9 Å². The third kappa shape index (κ3) is 12.2. The minimum absolute atomic E-state index is 0.00511. The number of hydrogen-bond acceptors (Lipinski definition) is 9. The third-order valence-corrected chi connectivity index (χ3v) is 11.3. The number of benzene rings is 7. The molecule has 0 radical (unpaired) electrons. The summed E-state index contributed by atoms with van der Waals surface area (Å²) in [6.45, 7) is 2.77. The lowest BCUT2D eigenvalue weighted by atomic mass is 9.88. The van der Waals surface area contributed by atoms with E-state index in [0.717, 1.165) is 33.4 Å². The Hall–Kier alpha value is -6.59. The van der Waals surface area contributed by atoms with Gasteiger partial charge in [-0.1, -0.05) is 182 Å². The second kappa shape index (κ2) is 22.9. The maximum absolute atomic E-state index is 13.7. The summed E-state index contributed by atoms with van der Waals surface area (Å²) in [7, 11) is 0. The van der Waals surface area contributed by atoms with Crippen molar-refractivity contribution in [3.05, 3.63) is 233 Å². The van der Waals surface area contributed by atoms with Crippen LogP contribution in [0.25, 0.3) is 0 Å². The van der Waals surface area contributed by atoms with Crippen molar-refractivity contribution < 1.29 is 43.1 Å². The van der Waals surface area contributed by atoms with Gasteiger partial charge in [-0.25, -0.2) is 0 Å². The maximum atomic E-state index is 13.7. The predicted molar refractivity (Wildman–Crippen MR) is 248 cm³/mol. The fraction of sp³-hybridized carbons (Fsp3) is 0.232. The van der Waals surface area contributed by atoms with Crippen LogP contribution in [0.4, 0.5) is 0 Å². The van der Waals surface area contributed by atoms with E-state index in [-0.39, 0.29) is 68.0 Å². The molecule has 7 aromatic carbocycles. The van der Waals surface area contributed by atoms with E-state index in [1.54, 1.807) is 6.07 Å². The van der Waals surface area contributed by atoms with E-state index >= 15 is 0 Å². The van der Waals surface area contributed by atoms with Crippen LogP contribution in [0.2, 0.25) is 0 Å². The molecule has 1 N–H and O–H groups in total. The van der Waals surface area contributed by atoms with E-state index in [0.29, 0.717) is 6.61 Å². The number of ketones is 1. The number of ether oxygens (including phenoxy) is 7. The van der Waals surface area contributed by atoms with Crippen molar-refractivity contribution >= 4 is 5.78 Å². The van der Waals surface area contributed by atoms with Crippen molar-refractivity contribution in [3.8, 4) is 17.2 Å². The van der Waals surface area contributed by atoms with E-state index in [9.17, 15) is 9.90 Å². The Kier molecular flexibility index (Phi) is 15.8. The molecular weight excluding hydrogens is 817 g/mol. The van der Waals surface area contributed by atoms with E-state index in [2.05, 4.69) is 0 Å². The fourth-order valence-electron chi connectivity index (χ4n) is 7.98.